The first-order valence-electron chi connectivity index (χ1n) is 11.1. The lowest BCUT2D eigenvalue weighted by molar-refractivity contribution is -0.130. The molecule has 2 unspecified atom stereocenters. The van der Waals surface area contributed by atoms with Gasteiger partial charge >= 0.3 is 0 Å². The van der Waals surface area contributed by atoms with Gasteiger partial charge in [0.25, 0.3) is 5.91 Å². The molecule has 0 fully saturated rings. The third-order valence-corrected chi connectivity index (χ3v) is 5.16. The van der Waals surface area contributed by atoms with Crippen LogP contribution in [0, 0.1) is 0 Å². The molecule has 2 aromatic carbocycles. The summed E-state index contributed by atoms with van der Waals surface area (Å²) >= 11 is 0. The van der Waals surface area contributed by atoms with E-state index in [0.717, 1.165) is 16.9 Å². The topological polar surface area (TPSA) is 97.0 Å². The lowest BCUT2D eigenvalue weighted by Crippen LogP contribution is -2.45. The number of benzene rings is 2. The van der Waals surface area contributed by atoms with Crippen LogP contribution in [0.2, 0.25) is 0 Å². The molecule has 0 aliphatic rings. The molecule has 0 radical (unpaired) electrons. The minimum atomic E-state index is -0.745. The van der Waals surface area contributed by atoms with Gasteiger partial charge in [-0.15, -0.1) is 0 Å². The summed E-state index contributed by atoms with van der Waals surface area (Å²) in [6.07, 6.45) is 3.65. The number of nitrogens with one attached hydrogen (secondary N) is 2. The fourth-order valence-corrected chi connectivity index (χ4v) is 3.08. The van der Waals surface area contributed by atoms with Crippen LogP contribution in [-0.2, 0) is 14.4 Å². The molecule has 8 nitrogen and oxygen atoms in total. The highest BCUT2D eigenvalue weighted by Crippen LogP contribution is 2.27. The average Bonchev–Trinajstić information content (AvgIpc) is 2.84. The van der Waals surface area contributed by atoms with Gasteiger partial charge in [-0.3, -0.25) is 14.4 Å². The van der Waals surface area contributed by atoms with E-state index < -0.39 is 6.04 Å². The molecule has 2 atom stereocenters. The monoisotopic (exact) mass is 467 g/mol. The molecule has 0 aromatic heterocycles. The van der Waals surface area contributed by atoms with Crippen LogP contribution < -0.4 is 20.1 Å². The third-order valence-electron chi connectivity index (χ3n) is 5.16. The maximum atomic E-state index is 12.8. The number of nitrogens with zero attached hydrogens (tertiary/aromatic N) is 1. The van der Waals surface area contributed by atoms with Crippen molar-refractivity contribution in [2.45, 2.75) is 32.4 Å². The number of carbonyl (C=O) groups is 3. The van der Waals surface area contributed by atoms with Crippen molar-refractivity contribution in [3.8, 4) is 11.5 Å². The fourth-order valence-electron chi connectivity index (χ4n) is 3.08. The molecule has 0 bridgehead atoms. The van der Waals surface area contributed by atoms with Crippen molar-refractivity contribution in [1.29, 1.82) is 0 Å². The first-order valence-corrected chi connectivity index (χ1v) is 11.1. The summed E-state index contributed by atoms with van der Waals surface area (Å²) in [6.45, 7) is 3.47. The largest absolute Gasteiger partial charge is 0.497 e. The molecule has 0 spiro atoms. The number of methoxy groups -OCH3 is 1. The molecule has 0 aliphatic heterocycles. The van der Waals surface area contributed by atoms with Crippen LogP contribution in [0.25, 0.3) is 6.08 Å². The Hall–Kier alpha value is -3.81. The zero-order valence-corrected chi connectivity index (χ0v) is 20.3. The lowest BCUT2D eigenvalue weighted by Gasteiger charge is -2.23. The van der Waals surface area contributed by atoms with Crippen LogP contribution in [0.5, 0.6) is 11.5 Å². The molecule has 3 amide bonds. The van der Waals surface area contributed by atoms with Gasteiger partial charge in [-0.05, 0) is 43.2 Å². The van der Waals surface area contributed by atoms with Crippen LogP contribution in [0.1, 0.15) is 37.4 Å². The molecule has 0 aliphatic carbocycles. The molecule has 182 valence electrons. The quantitative estimate of drug-likeness (QED) is 0.496. The predicted octanol–water partition coefficient (Wildman–Crippen LogP) is 2.95. The number of amides is 3. The van der Waals surface area contributed by atoms with Gasteiger partial charge < -0.3 is 25.0 Å². The van der Waals surface area contributed by atoms with Crippen molar-refractivity contribution < 1.29 is 23.9 Å². The number of hydrogen-bond acceptors (Lipinski definition) is 5. The zero-order valence-electron chi connectivity index (χ0n) is 20.3. The van der Waals surface area contributed by atoms with Gasteiger partial charge in [0.15, 0.2) is 6.61 Å². The summed E-state index contributed by atoms with van der Waals surface area (Å²) in [7, 11) is 4.91. The number of hydrogen-bond donors (Lipinski definition) is 2. The second-order valence-corrected chi connectivity index (χ2v) is 7.92. The molecule has 8 heteroatoms. The Morgan fingerprint density at radius 1 is 1.03 bits per heavy atom. The van der Waals surface area contributed by atoms with Gasteiger partial charge in [0.05, 0.1) is 13.2 Å². The molecular weight excluding hydrogens is 434 g/mol. The van der Waals surface area contributed by atoms with E-state index in [1.165, 1.54) is 11.0 Å². The number of rotatable bonds is 11. The second-order valence-electron chi connectivity index (χ2n) is 7.92. The Labute approximate surface area is 200 Å². The summed E-state index contributed by atoms with van der Waals surface area (Å²) < 4.78 is 10.8. The van der Waals surface area contributed by atoms with E-state index in [-0.39, 0.29) is 30.4 Å². The van der Waals surface area contributed by atoms with Gasteiger partial charge in [0.1, 0.15) is 17.5 Å². The summed E-state index contributed by atoms with van der Waals surface area (Å²) in [5.74, 6) is 0.401. The Morgan fingerprint density at radius 3 is 2.32 bits per heavy atom. The number of para-hydroxylation sites is 1. The predicted molar refractivity (Wildman–Crippen MR) is 131 cm³/mol. The van der Waals surface area contributed by atoms with E-state index in [2.05, 4.69) is 10.6 Å². The Balaban J connectivity index is 1.98. The molecule has 2 aromatic rings. The Bertz CT molecular complexity index is 1000. The van der Waals surface area contributed by atoms with Crippen LogP contribution in [0.15, 0.2) is 54.6 Å². The molecule has 0 saturated carbocycles. The van der Waals surface area contributed by atoms with Crippen LogP contribution >= 0.6 is 0 Å². The van der Waals surface area contributed by atoms with E-state index in [0.29, 0.717) is 12.2 Å². The first kappa shape index (κ1) is 26.4. The van der Waals surface area contributed by atoms with Crippen molar-refractivity contribution in [2.24, 2.45) is 0 Å². The molecular formula is C26H33N3O5. The van der Waals surface area contributed by atoms with E-state index in [1.54, 1.807) is 52.4 Å². The van der Waals surface area contributed by atoms with E-state index in [1.807, 2.05) is 37.3 Å². The highest BCUT2D eigenvalue weighted by molar-refractivity contribution is 5.95. The standard InChI is InChI=1S/C26H33N3O5/c1-6-22(21-9-7-8-10-23(21)34-17-25(31)29(3)4)28-26(32)18(2)27-24(30)16-13-19-11-14-20(33-5)15-12-19/h7-16,18,22H,6,17H2,1-5H3,(H,27,30)(H,28,32)/b16-13+. The van der Waals surface area contributed by atoms with Crippen LogP contribution in [-0.4, -0.2) is 56.5 Å². The molecule has 2 rings (SSSR count). The minimum absolute atomic E-state index is 0.0958. The number of likely N-dealkylation sites (N-methyl/N-ethyl adjacent to an activating group) is 1. The van der Waals surface area contributed by atoms with Crippen LogP contribution in [0.3, 0.4) is 0 Å². The summed E-state index contributed by atoms with van der Waals surface area (Å²) in [5.41, 5.74) is 1.60. The Morgan fingerprint density at radius 2 is 1.71 bits per heavy atom. The van der Waals surface area contributed by atoms with Crippen LogP contribution in [0.4, 0.5) is 0 Å². The smallest absolute Gasteiger partial charge is 0.259 e. The summed E-state index contributed by atoms with van der Waals surface area (Å²) in [4.78, 5) is 38.4. The van der Waals surface area contributed by atoms with Crippen molar-refractivity contribution in [1.82, 2.24) is 15.5 Å². The van der Waals surface area contributed by atoms with Crippen molar-refractivity contribution in [3.05, 3.63) is 65.7 Å². The van der Waals surface area contributed by atoms with Crippen molar-refractivity contribution in [2.75, 3.05) is 27.8 Å². The molecule has 34 heavy (non-hydrogen) atoms. The second kappa shape index (κ2) is 13.0. The number of ether oxygens (including phenoxy) is 2. The minimum Gasteiger partial charge on any atom is -0.497 e. The summed E-state index contributed by atoms with van der Waals surface area (Å²) in [5, 5.41) is 5.64. The summed E-state index contributed by atoms with van der Waals surface area (Å²) in [6, 6.07) is 13.5. The van der Waals surface area contributed by atoms with Gasteiger partial charge in [0.2, 0.25) is 11.8 Å². The van der Waals surface area contributed by atoms with Gasteiger partial charge in [-0.1, -0.05) is 37.3 Å². The molecule has 2 N–H and O–H groups in total. The maximum Gasteiger partial charge on any atom is 0.259 e. The van der Waals surface area contributed by atoms with E-state index in [9.17, 15) is 14.4 Å². The van der Waals surface area contributed by atoms with E-state index in [4.69, 9.17) is 9.47 Å². The SMILES string of the molecule is CCC(NC(=O)C(C)NC(=O)/C=C/c1ccc(OC)cc1)c1ccccc1OCC(=O)N(C)C. The fraction of sp³-hybridized carbons (Fsp3) is 0.346. The zero-order chi connectivity index (χ0) is 25.1. The molecule has 0 saturated heterocycles. The molecule has 0 heterocycles. The first-order chi connectivity index (χ1) is 16.2. The highest BCUT2D eigenvalue weighted by Gasteiger charge is 2.21. The highest BCUT2D eigenvalue weighted by atomic mass is 16.5. The van der Waals surface area contributed by atoms with Gasteiger partial charge in [-0.2, -0.15) is 0 Å². The maximum absolute atomic E-state index is 12.8. The lowest BCUT2D eigenvalue weighted by atomic mass is 10.0. The van der Waals surface area contributed by atoms with Gasteiger partial charge in [-0.25, -0.2) is 0 Å². The van der Waals surface area contributed by atoms with Crippen molar-refractivity contribution >= 4 is 23.8 Å². The Kier molecular flexibility index (Phi) is 10.1. The van der Waals surface area contributed by atoms with Crippen molar-refractivity contribution in [3.63, 3.8) is 0 Å². The normalized spacial score (nSPS) is 12.5. The average molecular weight is 468 g/mol. The van der Waals surface area contributed by atoms with E-state index >= 15 is 0 Å². The van der Waals surface area contributed by atoms with Gasteiger partial charge in [0, 0.05) is 25.7 Å². The number of carbonyl (C=O) groups excluding carboxylic acids is 3. The third kappa shape index (κ3) is 7.95.